The molecule has 0 atom stereocenters. The minimum Gasteiger partial charge on any atom is -0.490 e. The lowest BCUT2D eigenvalue weighted by Crippen LogP contribution is -2.39. The van der Waals surface area contributed by atoms with Gasteiger partial charge in [0.2, 0.25) is 5.82 Å². The summed E-state index contributed by atoms with van der Waals surface area (Å²) in [7, 11) is 0. The first kappa shape index (κ1) is 27.8. The quantitative estimate of drug-likeness (QED) is 0.244. The number of aryl methyl sites for hydroxylation is 1. The predicted octanol–water partition coefficient (Wildman–Crippen LogP) is 6.12. The number of carbonyl (C=O) groups is 1. The number of halogens is 3. The zero-order valence-electron chi connectivity index (χ0n) is 22.7. The molecular formula is C32H33F3N2O3. The second-order valence-electron chi connectivity index (χ2n) is 10.3. The van der Waals surface area contributed by atoms with Crippen LogP contribution in [0.3, 0.4) is 0 Å². The van der Waals surface area contributed by atoms with Crippen molar-refractivity contribution in [1.82, 2.24) is 10.2 Å². The van der Waals surface area contributed by atoms with Crippen LogP contribution >= 0.6 is 0 Å². The van der Waals surface area contributed by atoms with Gasteiger partial charge in [0.15, 0.2) is 17.4 Å². The lowest BCUT2D eigenvalue weighted by Gasteiger charge is -2.29. The number of nitrogens with zero attached hydrogens (tertiary/aromatic N) is 1. The van der Waals surface area contributed by atoms with Gasteiger partial charge < -0.3 is 19.7 Å². The monoisotopic (exact) mass is 550 g/mol. The molecule has 5 rings (SSSR count). The molecule has 0 radical (unpaired) electrons. The first-order chi connectivity index (χ1) is 19.3. The molecule has 1 N–H and O–H groups in total. The number of carbonyl (C=O) groups excluding carboxylic acids is 1. The summed E-state index contributed by atoms with van der Waals surface area (Å²) >= 11 is 0. The van der Waals surface area contributed by atoms with Gasteiger partial charge in [0.05, 0.1) is 0 Å². The highest BCUT2D eigenvalue weighted by Crippen LogP contribution is 2.34. The first-order valence-corrected chi connectivity index (χ1v) is 13.6. The zero-order chi connectivity index (χ0) is 28.2. The number of ether oxygens (including phenoxy) is 2. The molecule has 0 aromatic heterocycles. The van der Waals surface area contributed by atoms with Gasteiger partial charge in [-0.25, -0.2) is 8.78 Å². The maximum Gasteiger partial charge on any atom is 0.251 e. The molecule has 1 heterocycles. The zero-order valence-corrected chi connectivity index (χ0v) is 22.7. The third kappa shape index (κ3) is 6.17. The first-order valence-electron chi connectivity index (χ1n) is 13.6. The number of nitrogens with one attached hydrogen (secondary N) is 1. The smallest absolute Gasteiger partial charge is 0.251 e. The van der Waals surface area contributed by atoms with Crippen LogP contribution in [-0.2, 0) is 11.3 Å². The molecule has 5 nitrogen and oxygen atoms in total. The van der Waals surface area contributed by atoms with E-state index in [4.69, 9.17) is 9.47 Å². The summed E-state index contributed by atoms with van der Waals surface area (Å²) in [6.07, 6.45) is 2.80. The summed E-state index contributed by atoms with van der Waals surface area (Å²) < 4.78 is 51.5. The van der Waals surface area contributed by atoms with Gasteiger partial charge in [-0.3, -0.25) is 4.79 Å². The molecule has 1 aliphatic heterocycles. The molecule has 0 bridgehead atoms. The minimum atomic E-state index is -1.36. The van der Waals surface area contributed by atoms with Crippen LogP contribution in [0.2, 0.25) is 0 Å². The number of amides is 1. The lowest BCUT2D eigenvalue weighted by molar-refractivity contribution is -0.128. The van der Waals surface area contributed by atoms with Crippen LogP contribution in [0.15, 0.2) is 60.2 Å². The Labute approximate surface area is 232 Å². The molecule has 2 aliphatic rings. The minimum absolute atomic E-state index is 0.0137. The summed E-state index contributed by atoms with van der Waals surface area (Å²) in [5, 5.41) is 3.36. The Morgan fingerprint density at radius 1 is 0.950 bits per heavy atom. The summed E-state index contributed by atoms with van der Waals surface area (Å²) in [5.74, 6) is -3.64. The molecule has 1 saturated carbocycles. The highest BCUT2D eigenvalue weighted by molar-refractivity contribution is 6.02. The van der Waals surface area contributed by atoms with Crippen LogP contribution in [0, 0.1) is 31.3 Å². The average molecular weight is 551 g/mol. The number of hydrogen-bond acceptors (Lipinski definition) is 4. The van der Waals surface area contributed by atoms with E-state index in [2.05, 4.69) is 31.3 Å². The van der Waals surface area contributed by atoms with Crippen molar-refractivity contribution in [3.8, 4) is 11.5 Å². The molecule has 0 unspecified atom stereocenters. The number of rotatable bonds is 10. The molecule has 0 saturated heterocycles. The average Bonchev–Trinajstić information content (AvgIpc) is 3.81. The van der Waals surface area contributed by atoms with Crippen molar-refractivity contribution in [3.05, 3.63) is 99.9 Å². The normalized spacial score (nSPS) is 15.2. The third-order valence-electron chi connectivity index (χ3n) is 7.59. The Hall–Kier alpha value is -3.78. The second kappa shape index (κ2) is 12.2. The van der Waals surface area contributed by atoms with E-state index in [1.54, 1.807) is 12.1 Å². The van der Waals surface area contributed by atoms with Crippen molar-refractivity contribution in [2.45, 2.75) is 45.7 Å². The van der Waals surface area contributed by atoms with E-state index in [1.807, 2.05) is 23.1 Å². The lowest BCUT2D eigenvalue weighted by atomic mass is 9.93. The molecule has 1 fully saturated rings. The Morgan fingerprint density at radius 3 is 2.42 bits per heavy atom. The van der Waals surface area contributed by atoms with Gasteiger partial charge in [0.1, 0.15) is 19.0 Å². The van der Waals surface area contributed by atoms with Crippen molar-refractivity contribution in [2.75, 3.05) is 26.3 Å². The van der Waals surface area contributed by atoms with E-state index < -0.39 is 23.2 Å². The molecule has 40 heavy (non-hydrogen) atoms. The van der Waals surface area contributed by atoms with Gasteiger partial charge in [0.25, 0.3) is 5.91 Å². The predicted molar refractivity (Wildman–Crippen MR) is 148 cm³/mol. The molecule has 0 spiro atoms. The third-order valence-corrected chi connectivity index (χ3v) is 7.59. The van der Waals surface area contributed by atoms with E-state index in [0.717, 1.165) is 48.6 Å². The summed E-state index contributed by atoms with van der Waals surface area (Å²) in [4.78, 5) is 15.9. The van der Waals surface area contributed by atoms with Crippen LogP contribution in [0.25, 0.3) is 5.57 Å². The second-order valence-corrected chi connectivity index (χ2v) is 10.3. The Bertz CT molecular complexity index is 1420. The van der Waals surface area contributed by atoms with Gasteiger partial charge in [0, 0.05) is 24.7 Å². The van der Waals surface area contributed by atoms with Gasteiger partial charge in [-0.2, -0.15) is 4.39 Å². The highest BCUT2D eigenvalue weighted by atomic mass is 19.2. The highest BCUT2D eigenvalue weighted by Gasteiger charge is 2.35. The SMILES string of the molecule is Cc1cccc(CN(C(=O)C2=C(c3ccc(OCCOc4c(F)ccc(F)c4F)cc3)CCNC2)C2CC2)c1C. The van der Waals surface area contributed by atoms with Crippen molar-refractivity contribution in [1.29, 1.82) is 0 Å². The van der Waals surface area contributed by atoms with Gasteiger partial charge in [-0.05, 0) is 91.7 Å². The molecular weight excluding hydrogens is 517 g/mol. The molecule has 3 aromatic carbocycles. The van der Waals surface area contributed by atoms with Crippen LogP contribution in [0.4, 0.5) is 13.2 Å². The number of benzene rings is 3. The fourth-order valence-electron chi connectivity index (χ4n) is 5.00. The standard InChI is InChI=1S/C32H33F3N2O3/c1-20-4-3-5-23(21(20)2)19-37(24-8-9-24)32(38)27-18-36-15-14-26(27)22-6-10-25(11-7-22)39-16-17-40-31-29(34)13-12-28(33)30(31)35/h3-7,10-13,24,36H,8-9,14-19H2,1-2H3. The fraction of sp³-hybridized carbons (Fsp3) is 0.344. The van der Waals surface area contributed by atoms with Crippen molar-refractivity contribution in [2.24, 2.45) is 0 Å². The van der Waals surface area contributed by atoms with E-state index in [9.17, 15) is 18.0 Å². The van der Waals surface area contributed by atoms with Gasteiger partial charge in [-0.1, -0.05) is 30.3 Å². The Kier molecular flexibility index (Phi) is 8.45. The molecule has 3 aromatic rings. The van der Waals surface area contributed by atoms with Crippen molar-refractivity contribution >= 4 is 11.5 Å². The van der Waals surface area contributed by atoms with E-state index in [1.165, 1.54) is 16.7 Å². The largest absolute Gasteiger partial charge is 0.490 e. The molecule has 1 aliphatic carbocycles. The van der Waals surface area contributed by atoms with Gasteiger partial charge >= 0.3 is 0 Å². The number of hydrogen-bond donors (Lipinski definition) is 1. The van der Waals surface area contributed by atoms with Crippen LogP contribution in [-0.4, -0.2) is 43.2 Å². The summed E-state index contributed by atoms with van der Waals surface area (Å²) in [5.41, 5.74) is 6.41. The molecule has 210 valence electrons. The Morgan fingerprint density at radius 2 is 1.68 bits per heavy atom. The van der Waals surface area contributed by atoms with E-state index >= 15 is 0 Å². The fourth-order valence-corrected chi connectivity index (χ4v) is 5.00. The Balaban J connectivity index is 1.26. The van der Waals surface area contributed by atoms with Gasteiger partial charge in [-0.15, -0.1) is 0 Å². The summed E-state index contributed by atoms with van der Waals surface area (Å²) in [6, 6.07) is 15.5. The van der Waals surface area contributed by atoms with E-state index in [-0.39, 0.29) is 25.2 Å². The summed E-state index contributed by atoms with van der Waals surface area (Å²) in [6.45, 7) is 5.97. The van der Waals surface area contributed by atoms with Crippen molar-refractivity contribution in [3.63, 3.8) is 0 Å². The van der Waals surface area contributed by atoms with E-state index in [0.29, 0.717) is 24.9 Å². The maximum atomic E-state index is 13.9. The molecule has 1 amide bonds. The molecule has 8 heteroatoms. The maximum absolute atomic E-state index is 13.9. The van der Waals surface area contributed by atoms with Crippen LogP contribution in [0.1, 0.15) is 41.5 Å². The topological polar surface area (TPSA) is 50.8 Å². The van der Waals surface area contributed by atoms with Crippen LogP contribution < -0.4 is 14.8 Å². The van der Waals surface area contributed by atoms with Crippen molar-refractivity contribution < 1.29 is 27.4 Å². The van der Waals surface area contributed by atoms with Crippen LogP contribution in [0.5, 0.6) is 11.5 Å².